The Balaban J connectivity index is 1.96. The van der Waals surface area contributed by atoms with Gasteiger partial charge >= 0.3 is 0 Å². The molecule has 1 aromatic rings. The molecular weight excluding hydrogens is 316 g/mol. The highest BCUT2D eigenvalue weighted by Gasteiger charge is 2.36. The Labute approximate surface area is 137 Å². The van der Waals surface area contributed by atoms with Crippen LogP contribution in [0.5, 0.6) is 17.2 Å². The van der Waals surface area contributed by atoms with Crippen molar-refractivity contribution in [2.24, 2.45) is 0 Å². The number of phenolic OH excluding ortho intramolecular Hbond substituents is 1. The number of phenols is 1. The fourth-order valence-corrected chi connectivity index (χ4v) is 2.64. The Morgan fingerprint density at radius 2 is 1.83 bits per heavy atom. The van der Waals surface area contributed by atoms with E-state index < -0.39 is 17.7 Å². The summed E-state index contributed by atoms with van der Waals surface area (Å²) >= 11 is 0. The molecule has 1 aromatic carbocycles. The van der Waals surface area contributed by atoms with Crippen molar-refractivity contribution in [3.05, 3.63) is 41.2 Å². The first-order chi connectivity index (χ1) is 11.4. The van der Waals surface area contributed by atoms with Crippen LogP contribution in [0.4, 0.5) is 0 Å². The van der Waals surface area contributed by atoms with Gasteiger partial charge in [-0.25, -0.2) is 0 Å². The summed E-state index contributed by atoms with van der Waals surface area (Å²) in [5.74, 6) is -1.33. The summed E-state index contributed by atoms with van der Waals surface area (Å²) in [4.78, 5) is 36.4. The van der Waals surface area contributed by atoms with E-state index in [0.29, 0.717) is 5.75 Å². The molecule has 1 aliphatic heterocycles. The van der Waals surface area contributed by atoms with Crippen LogP contribution in [0, 0.1) is 0 Å². The lowest BCUT2D eigenvalue weighted by Crippen LogP contribution is -2.33. The van der Waals surface area contributed by atoms with Gasteiger partial charge in [0.25, 0.3) is 0 Å². The normalized spacial score (nSPS) is 19.9. The highest BCUT2D eigenvalue weighted by Crippen LogP contribution is 2.40. The predicted molar refractivity (Wildman–Crippen MR) is 81.2 cm³/mol. The zero-order valence-corrected chi connectivity index (χ0v) is 13.0. The summed E-state index contributed by atoms with van der Waals surface area (Å²) in [5, 5.41) is 10.0. The van der Waals surface area contributed by atoms with E-state index in [1.165, 1.54) is 26.4 Å². The number of hydrogen-bond acceptors (Lipinski definition) is 7. The summed E-state index contributed by atoms with van der Waals surface area (Å²) in [6.45, 7) is 0. The summed E-state index contributed by atoms with van der Waals surface area (Å²) in [7, 11) is 2.70. The number of allylic oxidation sites excluding steroid dienone is 2. The summed E-state index contributed by atoms with van der Waals surface area (Å²) in [6.07, 6.45) is 1.09. The molecule has 0 saturated carbocycles. The van der Waals surface area contributed by atoms with Gasteiger partial charge in [0, 0.05) is 23.8 Å². The second-order valence-electron chi connectivity index (χ2n) is 5.30. The largest absolute Gasteiger partial charge is 0.504 e. The van der Waals surface area contributed by atoms with Crippen molar-refractivity contribution < 1.29 is 33.7 Å². The summed E-state index contributed by atoms with van der Waals surface area (Å²) in [6, 6.07) is 2.76. The smallest absolute Gasteiger partial charge is 0.221 e. The zero-order chi connectivity index (χ0) is 17.4. The third kappa shape index (κ3) is 2.54. The molecule has 1 atom stereocenters. The van der Waals surface area contributed by atoms with Crippen molar-refractivity contribution in [1.82, 2.24) is 0 Å². The van der Waals surface area contributed by atoms with Gasteiger partial charge in [-0.2, -0.15) is 0 Å². The number of rotatable bonds is 3. The first-order valence-corrected chi connectivity index (χ1v) is 7.11. The maximum atomic E-state index is 12.4. The van der Waals surface area contributed by atoms with Gasteiger partial charge in [0.05, 0.1) is 26.2 Å². The van der Waals surface area contributed by atoms with Crippen molar-refractivity contribution >= 4 is 17.3 Å². The molecule has 7 heteroatoms. The first kappa shape index (κ1) is 15.8. The second-order valence-corrected chi connectivity index (χ2v) is 5.30. The van der Waals surface area contributed by atoms with E-state index in [1.807, 2.05) is 0 Å². The number of fused-ring (bicyclic) bond motifs is 1. The molecule has 1 unspecified atom stereocenters. The third-order valence-electron chi connectivity index (χ3n) is 3.85. The zero-order valence-electron chi connectivity index (χ0n) is 13.0. The van der Waals surface area contributed by atoms with Crippen molar-refractivity contribution in [3.63, 3.8) is 0 Å². The summed E-state index contributed by atoms with van der Waals surface area (Å²) in [5.41, 5.74) is 0.224. The van der Waals surface area contributed by atoms with E-state index in [4.69, 9.17) is 14.2 Å². The number of Topliss-reactive ketones (excluding diaryl/α,β-unsaturated/α-hetero) is 1. The SMILES string of the molecule is COC1=CC(=O)C(C2CC(=O)c3cc(OC)cc(O)c3O2)=CC1=O. The van der Waals surface area contributed by atoms with E-state index in [1.54, 1.807) is 0 Å². The second kappa shape index (κ2) is 5.84. The van der Waals surface area contributed by atoms with Crippen molar-refractivity contribution in [1.29, 1.82) is 0 Å². The highest BCUT2D eigenvalue weighted by molar-refractivity contribution is 6.20. The number of ketones is 3. The van der Waals surface area contributed by atoms with E-state index in [0.717, 1.165) is 12.2 Å². The minimum Gasteiger partial charge on any atom is -0.504 e. The molecule has 0 radical (unpaired) electrons. The van der Waals surface area contributed by atoms with E-state index >= 15 is 0 Å². The third-order valence-corrected chi connectivity index (χ3v) is 3.85. The fraction of sp³-hybridized carbons (Fsp3) is 0.235. The van der Waals surface area contributed by atoms with Gasteiger partial charge in [-0.3, -0.25) is 14.4 Å². The van der Waals surface area contributed by atoms with E-state index in [2.05, 4.69) is 0 Å². The predicted octanol–water partition coefficient (Wildman–Crippen LogP) is 1.34. The Morgan fingerprint density at radius 1 is 1.08 bits per heavy atom. The topological polar surface area (TPSA) is 99.1 Å². The average Bonchev–Trinajstić information content (AvgIpc) is 2.56. The average molecular weight is 330 g/mol. The minimum atomic E-state index is -0.949. The fourth-order valence-electron chi connectivity index (χ4n) is 2.64. The van der Waals surface area contributed by atoms with Gasteiger partial charge in [-0.05, 0) is 6.07 Å². The first-order valence-electron chi connectivity index (χ1n) is 7.11. The molecule has 3 rings (SSSR count). The highest BCUT2D eigenvalue weighted by atomic mass is 16.5. The van der Waals surface area contributed by atoms with Crippen LogP contribution in [0.25, 0.3) is 0 Å². The van der Waals surface area contributed by atoms with Crippen LogP contribution < -0.4 is 9.47 Å². The van der Waals surface area contributed by atoms with Gasteiger partial charge in [0.15, 0.2) is 28.8 Å². The van der Waals surface area contributed by atoms with Crippen molar-refractivity contribution in [3.8, 4) is 17.2 Å². The van der Waals surface area contributed by atoms with Crippen LogP contribution in [0.15, 0.2) is 35.6 Å². The van der Waals surface area contributed by atoms with Gasteiger partial charge in [-0.15, -0.1) is 0 Å². The molecule has 1 aliphatic carbocycles. The molecule has 7 nitrogen and oxygen atoms in total. The Hall–Kier alpha value is -3.09. The van der Waals surface area contributed by atoms with Gasteiger partial charge in [0.1, 0.15) is 11.9 Å². The Bertz CT molecular complexity index is 816. The number of carbonyl (C=O) groups excluding carboxylic acids is 3. The van der Waals surface area contributed by atoms with Gasteiger partial charge in [0.2, 0.25) is 5.78 Å². The van der Waals surface area contributed by atoms with E-state index in [-0.39, 0.29) is 40.6 Å². The minimum absolute atomic E-state index is 0.0280. The lowest BCUT2D eigenvalue weighted by atomic mass is 9.90. The molecule has 0 bridgehead atoms. The molecule has 0 fully saturated rings. The molecule has 1 heterocycles. The lowest BCUT2D eigenvalue weighted by molar-refractivity contribution is -0.117. The van der Waals surface area contributed by atoms with Crippen LogP contribution in [0.2, 0.25) is 0 Å². The number of hydrogen-bond donors (Lipinski definition) is 1. The maximum Gasteiger partial charge on any atom is 0.221 e. The molecule has 0 aromatic heterocycles. The molecule has 1 N–H and O–H groups in total. The lowest BCUT2D eigenvalue weighted by Gasteiger charge is -2.28. The summed E-state index contributed by atoms with van der Waals surface area (Å²) < 4.78 is 15.4. The maximum absolute atomic E-state index is 12.4. The number of aromatic hydroxyl groups is 1. The van der Waals surface area contributed by atoms with Crippen molar-refractivity contribution in [2.45, 2.75) is 12.5 Å². The van der Waals surface area contributed by atoms with Crippen LogP contribution in [0.1, 0.15) is 16.8 Å². The molecule has 2 aliphatic rings. The molecule has 24 heavy (non-hydrogen) atoms. The quantitative estimate of drug-likeness (QED) is 0.835. The number of carbonyl (C=O) groups is 3. The number of benzene rings is 1. The van der Waals surface area contributed by atoms with Crippen LogP contribution in [-0.2, 0) is 14.3 Å². The Kier molecular flexibility index (Phi) is 3.84. The van der Waals surface area contributed by atoms with Gasteiger partial charge in [-0.1, -0.05) is 0 Å². The molecular formula is C17H14O7. The number of methoxy groups -OCH3 is 2. The van der Waals surface area contributed by atoms with Crippen LogP contribution >= 0.6 is 0 Å². The number of ether oxygens (including phenoxy) is 3. The van der Waals surface area contributed by atoms with Crippen LogP contribution in [0.3, 0.4) is 0 Å². The molecule has 0 amide bonds. The molecule has 124 valence electrons. The van der Waals surface area contributed by atoms with Crippen molar-refractivity contribution in [2.75, 3.05) is 14.2 Å². The molecule has 0 saturated heterocycles. The monoisotopic (exact) mass is 330 g/mol. The molecule has 0 spiro atoms. The Morgan fingerprint density at radius 3 is 2.50 bits per heavy atom. The van der Waals surface area contributed by atoms with Gasteiger partial charge < -0.3 is 19.3 Å². The standard InChI is InChI=1S/C17H14O7/c1-22-8-3-10-12(19)6-15(24-17(10)14(21)4-8)9-5-13(20)16(23-2)7-11(9)18/h3-5,7,15,21H,6H2,1-2H3. The van der Waals surface area contributed by atoms with E-state index in [9.17, 15) is 19.5 Å². The van der Waals surface area contributed by atoms with Crippen LogP contribution in [-0.4, -0.2) is 42.8 Å².